The standard InChI is InChI=1S/C17H19N3O4S/c1-13(16-8-5-11-24-16)18-19-17(21)14-6-4-7-15(12-14)25(22,23)20-9-2-3-10-20/h4-8,11-12,18H,1-3,9-10H2,(H,19,21). The van der Waals surface area contributed by atoms with E-state index >= 15 is 0 Å². The van der Waals surface area contributed by atoms with Crippen molar-refractivity contribution in [1.29, 1.82) is 0 Å². The van der Waals surface area contributed by atoms with Crippen LogP contribution in [-0.4, -0.2) is 31.7 Å². The summed E-state index contributed by atoms with van der Waals surface area (Å²) in [6.45, 7) is 4.78. The predicted molar refractivity (Wildman–Crippen MR) is 92.8 cm³/mol. The first kappa shape index (κ1) is 17.2. The van der Waals surface area contributed by atoms with Crippen LogP contribution in [0.2, 0.25) is 0 Å². The Kier molecular flexibility index (Phi) is 4.91. The largest absolute Gasteiger partial charge is 0.463 e. The molecule has 25 heavy (non-hydrogen) atoms. The molecule has 3 rings (SSSR count). The molecule has 8 heteroatoms. The number of nitrogens with one attached hydrogen (secondary N) is 2. The van der Waals surface area contributed by atoms with Crippen LogP contribution in [0.25, 0.3) is 5.70 Å². The summed E-state index contributed by atoms with van der Waals surface area (Å²) in [7, 11) is -3.56. The molecule has 0 radical (unpaired) electrons. The molecule has 1 fully saturated rings. The van der Waals surface area contributed by atoms with E-state index in [9.17, 15) is 13.2 Å². The van der Waals surface area contributed by atoms with Gasteiger partial charge in [-0.15, -0.1) is 0 Å². The summed E-state index contributed by atoms with van der Waals surface area (Å²) in [5, 5.41) is 0. The number of carbonyl (C=O) groups is 1. The molecule has 1 aliphatic rings. The Labute approximate surface area is 146 Å². The van der Waals surface area contributed by atoms with Gasteiger partial charge in [-0.2, -0.15) is 4.31 Å². The summed E-state index contributed by atoms with van der Waals surface area (Å²) in [6, 6.07) is 9.39. The monoisotopic (exact) mass is 361 g/mol. The maximum Gasteiger partial charge on any atom is 0.269 e. The van der Waals surface area contributed by atoms with E-state index in [1.807, 2.05) is 0 Å². The molecule has 1 aliphatic heterocycles. The lowest BCUT2D eigenvalue weighted by atomic mass is 10.2. The van der Waals surface area contributed by atoms with E-state index in [1.165, 1.54) is 22.7 Å². The van der Waals surface area contributed by atoms with Crippen LogP contribution >= 0.6 is 0 Å². The summed E-state index contributed by atoms with van der Waals surface area (Å²) in [5.41, 5.74) is 5.75. The van der Waals surface area contributed by atoms with E-state index in [0.29, 0.717) is 24.5 Å². The zero-order chi connectivity index (χ0) is 17.9. The number of nitrogens with zero attached hydrogens (tertiary/aromatic N) is 1. The maximum absolute atomic E-state index is 12.6. The van der Waals surface area contributed by atoms with Crippen LogP contribution in [0.5, 0.6) is 0 Å². The average molecular weight is 361 g/mol. The van der Waals surface area contributed by atoms with Crippen LogP contribution in [-0.2, 0) is 10.0 Å². The van der Waals surface area contributed by atoms with Gasteiger partial charge in [-0.3, -0.25) is 15.6 Å². The van der Waals surface area contributed by atoms with Gasteiger partial charge in [0.05, 0.1) is 16.9 Å². The Balaban J connectivity index is 1.70. The van der Waals surface area contributed by atoms with Crippen molar-refractivity contribution in [3.63, 3.8) is 0 Å². The molecule has 0 atom stereocenters. The molecule has 0 bridgehead atoms. The number of sulfonamides is 1. The Morgan fingerprint density at radius 2 is 1.88 bits per heavy atom. The number of hydrogen-bond donors (Lipinski definition) is 2. The molecule has 7 nitrogen and oxygen atoms in total. The van der Waals surface area contributed by atoms with Crippen molar-refractivity contribution in [2.24, 2.45) is 0 Å². The highest BCUT2D eigenvalue weighted by Gasteiger charge is 2.27. The van der Waals surface area contributed by atoms with Gasteiger partial charge < -0.3 is 4.42 Å². The van der Waals surface area contributed by atoms with Crippen LogP contribution in [0.1, 0.15) is 29.0 Å². The van der Waals surface area contributed by atoms with Gasteiger partial charge in [0.1, 0.15) is 0 Å². The van der Waals surface area contributed by atoms with Crippen LogP contribution < -0.4 is 10.9 Å². The van der Waals surface area contributed by atoms with E-state index in [1.54, 1.807) is 24.3 Å². The van der Waals surface area contributed by atoms with Crippen molar-refractivity contribution in [2.45, 2.75) is 17.7 Å². The number of hydrogen-bond acceptors (Lipinski definition) is 5. The number of amides is 1. The number of rotatable bonds is 6. The summed E-state index contributed by atoms with van der Waals surface area (Å²) in [4.78, 5) is 12.4. The number of hydrazine groups is 1. The summed E-state index contributed by atoms with van der Waals surface area (Å²) in [5.74, 6) is 0.0249. The van der Waals surface area contributed by atoms with E-state index in [0.717, 1.165) is 12.8 Å². The van der Waals surface area contributed by atoms with Gasteiger partial charge in [0.15, 0.2) is 5.76 Å². The van der Waals surface area contributed by atoms with Gasteiger partial charge in [-0.25, -0.2) is 8.42 Å². The number of benzene rings is 1. The molecule has 1 saturated heterocycles. The Morgan fingerprint density at radius 1 is 1.12 bits per heavy atom. The fourth-order valence-corrected chi connectivity index (χ4v) is 4.16. The van der Waals surface area contributed by atoms with Gasteiger partial charge >= 0.3 is 0 Å². The highest BCUT2D eigenvalue weighted by Crippen LogP contribution is 2.21. The smallest absolute Gasteiger partial charge is 0.269 e. The van der Waals surface area contributed by atoms with E-state index in [2.05, 4.69) is 17.4 Å². The summed E-state index contributed by atoms with van der Waals surface area (Å²) >= 11 is 0. The second-order valence-electron chi connectivity index (χ2n) is 5.67. The lowest BCUT2D eigenvalue weighted by molar-refractivity contribution is 0.0942. The van der Waals surface area contributed by atoms with E-state index in [-0.39, 0.29) is 10.5 Å². The fraction of sp³-hybridized carbons (Fsp3) is 0.235. The van der Waals surface area contributed by atoms with Crippen LogP contribution in [0.4, 0.5) is 0 Å². The third-order valence-corrected chi connectivity index (χ3v) is 5.84. The van der Waals surface area contributed by atoms with Crippen molar-refractivity contribution < 1.29 is 17.6 Å². The third kappa shape index (κ3) is 3.75. The lowest BCUT2D eigenvalue weighted by Gasteiger charge is -2.16. The summed E-state index contributed by atoms with van der Waals surface area (Å²) < 4.78 is 31.8. The van der Waals surface area contributed by atoms with Crippen molar-refractivity contribution in [1.82, 2.24) is 15.2 Å². The van der Waals surface area contributed by atoms with Crippen molar-refractivity contribution in [3.05, 3.63) is 60.6 Å². The summed E-state index contributed by atoms with van der Waals surface area (Å²) in [6.07, 6.45) is 3.22. The fourth-order valence-electron chi connectivity index (χ4n) is 2.59. The Bertz CT molecular complexity index is 869. The van der Waals surface area contributed by atoms with Gasteiger partial charge in [0.25, 0.3) is 5.91 Å². The van der Waals surface area contributed by atoms with Crippen molar-refractivity contribution in [3.8, 4) is 0 Å². The quantitative estimate of drug-likeness (QED) is 0.768. The van der Waals surface area contributed by atoms with Crippen molar-refractivity contribution >= 4 is 21.6 Å². The molecule has 1 aromatic carbocycles. The van der Waals surface area contributed by atoms with Crippen LogP contribution in [0.15, 0.2) is 58.6 Å². The number of furan rings is 1. The average Bonchev–Trinajstić information content (AvgIpc) is 3.33. The minimum absolute atomic E-state index is 0.118. The molecule has 2 aromatic rings. The minimum atomic E-state index is -3.56. The zero-order valence-corrected chi connectivity index (χ0v) is 14.4. The van der Waals surface area contributed by atoms with Gasteiger partial charge in [0, 0.05) is 18.7 Å². The predicted octanol–water partition coefficient (Wildman–Crippen LogP) is 1.97. The molecule has 0 saturated carbocycles. The normalized spacial score (nSPS) is 15.0. The first-order valence-corrected chi connectivity index (χ1v) is 9.32. The third-order valence-electron chi connectivity index (χ3n) is 3.94. The molecule has 1 amide bonds. The Morgan fingerprint density at radius 3 is 2.56 bits per heavy atom. The highest BCUT2D eigenvalue weighted by atomic mass is 32.2. The SMILES string of the molecule is C=C(NNC(=O)c1cccc(S(=O)(=O)N2CCCC2)c1)c1ccco1. The van der Waals surface area contributed by atoms with Crippen LogP contribution in [0, 0.1) is 0 Å². The molecule has 0 aliphatic carbocycles. The molecule has 132 valence electrons. The molecule has 2 N–H and O–H groups in total. The molecule has 0 spiro atoms. The molecule has 1 aromatic heterocycles. The first-order chi connectivity index (χ1) is 12.0. The highest BCUT2D eigenvalue weighted by molar-refractivity contribution is 7.89. The maximum atomic E-state index is 12.6. The zero-order valence-electron chi connectivity index (χ0n) is 13.6. The van der Waals surface area contributed by atoms with Gasteiger partial charge in [-0.1, -0.05) is 12.6 Å². The van der Waals surface area contributed by atoms with Crippen LogP contribution in [0.3, 0.4) is 0 Å². The Hall–Kier alpha value is -2.58. The second-order valence-corrected chi connectivity index (χ2v) is 7.61. The van der Waals surface area contributed by atoms with Crippen molar-refractivity contribution in [2.75, 3.05) is 13.1 Å². The molecule has 2 heterocycles. The lowest BCUT2D eigenvalue weighted by Crippen LogP contribution is -2.36. The van der Waals surface area contributed by atoms with E-state index < -0.39 is 15.9 Å². The number of carbonyl (C=O) groups excluding carboxylic acids is 1. The molecular weight excluding hydrogens is 342 g/mol. The van der Waals surface area contributed by atoms with Gasteiger partial charge in [0.2, 0.25) is 10.0 Å². The van der Waals surface area contributed by atoms with E-state index in [4.69, 9.17) is 4.42 Å². The molecule has 0 unspecified atom stereocenters. The minimum Gasteiger partial charge on any atom is -0.463 e. The first-order valence-electron chi connectivity index (χ1n) is 7.88. The topological polar surface area (TPSA) is 91.6 Å². The second kappa shape index (κ2) is 7.12. The molecular formula is C17H19N3O4S. The van der Waals surface area contributed by atoms with Gasteiger partial charge in [-0.05, 0) is 43.2 Å².